The van der Waals surface area contributed by atoms with E-state index in [0.717, 1.165) is 54.2 Å². The smallest absolute Gasteiger partial charge is 0.257 e. The largest absolute Gasteiger partial charge is 0.354 e. The third-order valence-corrected chi connectivity index (χ3v) is 6.10. The van der Waals surface area contributed by atoms with Crippen LogP contribution < -0.4 is 10.2 Å². The summed E-state index contributed by atoms with van der Waals surface area (Å²) in [5.41, 5.74) is 2.96. The zero-order valence-electron chi connectivity index (χ0n) is 19.5. The van der Waals surface area contributed by atoms with Crippen LogP contribution in [0.15, 0.2) is 48.8 Å². The van der Waals surface area contributed by atoms with Gasteiger partial charge in [0.15, 0.2) is 5.82 Å². The number of fused-ring (bicyclic) bond motifs is 1. The minimum absolute atomic E-state index is 0.247. The summed E-state index contributed by atoms with van der Waals surface area (Å²) in [6.45, 7) is 8.18. The molecule has 0 radical (unpaired) electrons. The van der Waals surface area contributed by atoms with Crippen molar-refractivity contribution in [1.82, 2.24) is 35.1 Å². The van der Waals surface area contributed by atoms with Gasteiger partial charge in [-0.25, -0.2) is 4.98 Å². The van der Waals surface area contributed by atoms with Crippen molar-refractivity contribution in [3.63, 3.8) is 0 Å². The van der Waals surface area contributed by atoms with E-state index < -0.39 is 0 Å². The highest BCUT2D eigenvalue weighted by molar-refractivity contribution is 6.04. The van der Waals surface area contributed by atoms with Crippen molar-refractivity contribution in [1.29, 1.82) is 0 Å². The lowest BCUT2D eigenvalue weighted by Crippen LogP contribution is -2.49. The molecule has 5 rings (SSSR count). The van der Waals surface area contributed by atoms with Gasteiger partial charge in [0.1, 0.15) is 11.5 Å². The standard InChI is InChI=1S/C24H27N9O/c1-16(2)32-8-10-33(11-9-32)23-14-18(6-7-25-23)24(34)26-22-13-19-12-17(4-5-20(19)27-29-22)21-15-31(3)30-28-21/h4-7,12-16H,8-11H2,1-3H3,(H,26,29,34). The second-order valence-electron chi connectivity index (χ2n) is 8.75. The number of anilines is 2. The maximum absolute atomic E-state index is 13.0. The van der Waals surface area contributed by atoms with Crippen LogP contribution in [0.3, 0.4) is 0 Å². The lowest BCUT2D eigenvalue weighted by Gasteiger charge is -2.37. The minimum atomic E-state index is -0.247. The monoisotopic (exact) mass is 457 g/mol. The van der Waals surface area contributed by atoms with E-state index in [1.165, 1.54) is 0 Å². The van der Waals surface area contributed by atoms with Gasteiger partial charge in [-0.3, -0.25) is 14.4 Å². The Labute approximate surface area is 197 Å². The summed E-state index contributed by atoms with van der Waals surface area (Å²) in [4.78, 5) is 22.1. The van der Waals surface area contributed by atoms with Gasteiger partial charge < -0.3 is 10.2 Å². The quantitative estimate of drug-likeness (QED) is 0.488. The van der Waals surface area contributed by atoms with E-state index in [1.54, 1.807) is 16.9 Å². The van der Waals surface area contributed by atoms with Crippen LogP contribution in [-0.4, -0.2) is 73.2 Å². The van der Waals surface area contributed by atoms with Gasteiger partial charge in [-0.1, -0.05) is 11.3 Å². The predicted molar refractivity (Wildman–Crippen MR) is 131 cm³/mol. The number of aromatic nitrogens is 6. The minimum Gasteiger partial charge on any atom is -0.354 e. The number of nitrogens with one attached hydrogen (secondary N) is 1. The Balaban J connectivity index is 1.32. The zero-order valence-corrected chi connectivity index (χ0v) is 19.5. The molecule has 1 fully saturated rings. The average molecular weight is 458 g/mol. The molecule has 10 nitrogen and oxygen atoms in total. The average Bonchev–Trinajstić information content (AvgIpc) is 3.30. The van der Waals surface area contributed by atoms with Crippen LogP contribution in [0.4, 0.5) is 11.6 Å². The molecule has 1 saturated heterocycles. The molecule has 1 amide bonds. The second-order valence-corrected chi connectivity index (χ2v) is 8.75. The van der Waals surface area contributed by atoms with E-state index in [-0.39, 0.29) is 5.91 Å². The topological polar surface area (TPSA) is 105 Å². The molecule has 3 aromatic heterocycles. The van der Waals surface area contributed by atoms with Gasteiger partial charge in [0, 0.05) is 62.0 Å². The van der Waals surface area contributed by atoms with E-state index >= 15 is 0 Å². The number of hydrogen-bond acceptors (Lipinski definition) is 8. The van der Waals surface area contributed by atoms with Gasteiger partial charge in [-0.15, -0.1) is 15.3 Å². The third-order valence-electron chi connectivity index (χ3n) is 6.10. The van der Waals surface area contributed by atoms with Crippen LogP contribution in [0.2, 0.25) is 0 Å². The molecule has 1 aliphatic rings. The Hall–Kier alpha value is -3.92. The molecule has 1 aromatic carbocycles. The highest BCUT2D eigenvalue weighted by atomic mass is 16.1. The number of hydrogen-bond donors (Lipinski definition) is 1. The first-order valence-corrected chi connectivity index (χ1v) is 11.4. The molecule has 4 heterocycles. The summed E-state index contributed by atoms with van der Waals surface area (Å²) < 4.78 is 1.66. The van der Waals surface area contributed by atoms with Gasteiger partial charge in [0.25, 0.3) is 5.91 Å². The Morgan fingerprint density at radius 1 is 1.00 bits per heavy atom. The van der Waals surface area contributed by atoms with Gasteiger partial charge in [0.05, 0.1) is 11.7 Å². The molecule has 0 atom stereocenters. The Morgan fingerprint density at radius 3 is 2.56 bits per heavy atom. The number of benzene rings is 1. The molecule has 0 aliphatic carbocycles. The highest BCUT2D eigenvalue weighted by Crippen LogP contribution is 2.23. The summed E-state index contributed by atoms with van der Waals surface area (Å²) >= 11 is 0. The number of aryl methyl sites for hydroxylation is 1. The van der Waals surface area contributed by atoms with E-state index in [2.05, 4.69) is 54.5 Å². The second kappa shape index (κ2) is 9.14. The lowest BCUT2D eigenvalue weighted by atomic mass is 10.1. The Morgan fingerprint density at radius 2 is 1.82 bits per heavy atom. The van der Waals surface area contributed by atoms with E-state index in [4.69, 9.17) is 0 Å². The van der Waals surface area contributed by atoms with E-state index in [1.807, 2.05) is 43.6 Å². The first-order valence-electron chi connectivity index (χ1n) is 11.4. The number of rotatable bonds is 5. The fraction of sp³-hybridized carbons (Fsp3) is 0.333. The molecule has 0 spiro atoms. The fourth-order valence-electron chi connectivity index (χ4n) is 4.13. The summed E-state index contributed by atoms with van der Waals surface area (Å²) in [5, 5.41) is 20.3. The highest BCUT2D eigenvalue weighted by Gasteiger charge is 2.20. The molecule has 1 aliphatic heterocycles. The molecule has 0 bridgehead atoms. The Kier molecular flexibility index (Phi) is 5.89. The van der Waals surface area contributed by atoms with Crippen LogP contribution >= 0.6 is 0 Å². The number of piperazine rings is 1. The lowest BCUT2D eigenvalue weighted by molar-refractivity contribution is 0.102. The SMILES string of the molecule is CC(C)N1CCN(c2cc(C(=O)Nc3cc4cc(-c5cn(C)nn5)ccc4nn3)ccn2)CC1. The van der Waals surface area contributed by atoms with Crippen molar-refractivity contribution < 1.29 is 4.79 Å². The first kappa shape index (κ1) is 21.9. The molecular formula is C24H27N9O. The number of carbonyl (C=O) groups excluding carboxylic acids is 1. The molecule has 0 unspecified atom stereocenters. The molecule has 4 aromatic rings. The molecular weight excluding hydrogens is 430 g/mol. The van der Waals surface area contributed by atoms with Crippen molar-refractivity contribution in [2.45, 2.75) is 19.9 Å². The molecule has 10 heteroatoms. The van der Waals surface area contributed by atoms with Crippen LogP contribution in [0.1, 0.15) is 24.2 Å². The number of amides is 1. The van der Waals surface area contributed by atoms with Crippen molar-refractivity contribution in [3.8, 4) is 11.3 Å². The van der Waals surface area contributed by atoms with Crippen LogP contribution in [0.25, 0.3) is 22.2 Å². The van der Waals surface area contributed by atoms with Gasteiger partial charge in [-0.2, -0.15) is 0 Å². The van der Waals surface area contributed by atoms with Crippen LogP contribution in [0, 0.1) is 0 Å². The zero-order chi connectivity index (χ0) is 23.7. The fourth-order valence-corrected chi connectivity index (χ4v) is 4.13. The Bertz CT molecular complexity index is 1330. The van der Waals surface area contributed by atoms with Gasteiger partial charge >= 0.3 is 0 Å². The molecule has 174 valence electrons. The predicted octanol–water partition coefficient (Wildman–Crippen LogP) is 2.60. The number of nitrogens with zero attached hydrogens (tertiary/aromatic N) is 8. The number of pyridine rings is 1. The van der Waals surface area contributed by atoms with Crippen LogP contribution in [-0.2, 0) is 7.05 Å². The van der Waals surface area contributed by atoms with Crippen molar-refractivity contribution in [2.75, 3.05) is 36.4 Å². The first-order chi connectivity index (χ1) is 16.5. The molecule has 34 heavy (non-hydrogen) atoms. The normalized spacial score (nSPS) is 14.6. The van der Waals surface area contributed by atoms with Crippen molar-refractivity contribution >= 4 is 28.4 Å². The molecule has 0 saturated carbocycles. The summed E-state index contributed by atoms with van der Waals surface area (Å²) in [5.74, 6) is 0.954. The maximum Gasteiger partial charge on any atom is 0.257 e. The van der Waals surface area contributed by atoms with Crippen molar-refractivity contribution in [3.05, 3.63) is 54.4 Å². The van der Waals surface area contributed by atoms with Crippen LogP contribution in [0.5, 0.6) is 0 Å². The summed E-state index contributed by atoms with van der Waals surface area (Å²) in [7, 11) is 1.83. The van der Waals surface area contributed by atoms with Gasteiger partial charge in [-0.05, 0) is 44.2 Å². The van der Waals surface area contributed by atoms with E-state index in [0.29, 0.717) is 17.4 Å². The summed E-state index contributed by atoms with van der Waals surface area (Å²) in [6, 6.07) is 11.7. The van der Waals surface area contributed by atoms with E-state index in [9.17, 15) is 4.79 Å². The number of carbonyl (C=O) groups is 1. The van der Waals surface area contributed by atoms with Crippen molar-refractivity contribution in [2.24, 2.45) is 7.05 Å². The summed E-state index contributed by atoms with van der Waals surface area (Å²) in [6.07, 6.45) is 3.53. The third kappa shape index (κ3) is 4.58. The van der Waals surface area contributed by atoms with Gasteiger partial charge in [0.2, 0.25) is 0 Å². The maximum atomic E-state index is 13.0. The molecule has 1 N–H and O–H groups in total.